The van der Waals surface area contributed by atoms with Crippen LogP contribution < -0.4 is 4.74 Å². The van der Waals surface area contributed by atoms with Crippen LogP contribution in [0, 0.1) is 0 Å². The summed E-state index contributed by atoms with van der Waals surface area (Å²) in [7, 11) is 4.05. The van der Waals surface area contributed by atoms with Crippen LogP contribution in [0.4, 0.5) is 13.2 Å². The van der Waals surface area contributed by atoms with Gasteiger partial charge in [-0.3, -0.25) is 4.90 Å². The molecule has 3 nitrogen and oxygen atoms in total. The molecule has 4 aromatic rings. The Labute approximate surface area is 246 Å². The van der Waals surface area contributed by atoms with Crippen LogP contribution in [0.5, 0.6) is 5.75 Å². The summed E-state index contributed by atoms with van der Waals surface area (Å²) in [6, 6.07) is 32.6. The van der Waals surface area contributed by atoms with Crippen LogP contribution in [0.1, 0.15) is 40.2 Å². The van der Waals surface area contributed by atoms with Crippen LogP contribution >= 0.6 is 11.6 Å². The predicted molar refractivity (Wildman–Crippen MR) is 160 cm³/mol. The zero-order chi connectivity index (χ0) is 29.2. The molecule has 216 valence electrons. The average molecular weight is 581 g/mol. The van der Waals surface area contributed by atoms with E-state index in [2.05, 4.69) is 40.1 Å². The van der Waals surface area contributed by atoms with Gasteiger partial charge in [-0.1, -0.05) is 96.5 Å². The van der Waals surface area contributed by atoms with E-state index in [1.807, 2.05) is 68.7 Å². The third-order valence-corrected chi connectivity index (χ3v) is 7.35. The second-order valence-corrected chi connectivity index (χ2v) is 10.9. The average Bonchev–Trinajstić information content (AvgIpc) is 2.95. The molecule has 0 aromatic heterocycles. The molecule has 0 amide bonds. The van der Waals surface area contributed by atoms with Crippen molar-refractivity contribution in [2.45, 2.75) is 31.6 Å². The molecule has 0 saturated carbocycles. The summed E-state index contributed by atoms with van der Waals surface area (Å²) in [5.74, 6) is 0.842. The summed E-state index contributed by atoms with van der Waals surface area (Å²) in [4.78, 5) is 4.28. The van der Waals surface area contributed by atoms with Crippen LogP contribution in [0.15, 0.2) is 103 Å². The smallest absolute Gasteiger partial charge is 0.417 e. The third kappa shape index (κ3) is 9.09. The maximum absolute atomic E-state index is 13.6. The summed E-state index contributed by atoms with van der Waals surface area (Å²) in [5.41, 5.74) is 3.11. The first-order valence-electron chi connectivity index (χ1n) is 13.7. The Morgan fingerprint density at radius 3 is 2.02 bits per heavy atom. The number of ether oxygens (including phenoxy) is 1. The highest BCUT2D eigenvalue weighted by molar-refractivity contribution is 6.32. The molecular formula is C34H36ClF3N2O. The molecule has 0 aliphatic heterocycles. The molecular weight excluding hydrogens is 545 g/mol. The lowest BCUT2D eigenvalue weighted by Gasteiger charge is -2.29. The molecule has 0 bridgehead atoms. The van der Waals surface area contributed by atoms with Gasteiger partial charge in [-0.05, 0) is 61.0 Å². The molecule has 0 unspecified atom stereocenters. The molecule has 4 rings (SSSR count). The molecule has 41 heavy (non-hydrogen) atoms. The topological polar surface area (TPSA) is 15.7 Å². The Bertz CT molecular complexity index is 1320. The first-order valence-corrected chi connectivity index (χ1v) is 14.1. The monoisotopic (exact) mass is 580 g/mol. The summed E-state index contributed by atoms with van der Waals surface area (Å²) >= 11 is 6.33. The van der Waals surface area contributed by atoms with Crippen molar-refractivity contribution in [1.82, 2.24) is 9.80 Å². The number of nitrogens with zero attached hydrogens (tertiary/aromatic N) is 2. The minimum absolute atomic E-state index is 0.0330. The maximum Gasteiger partial charge on any atom is 0.417 e. The summed E-state index contributed by atoms with van der Waals surface area (Å²) in [6.45, 7) is 2.83. The minimum atomic E-state index is -4.51. The molecule has 0 heterocycles. The number of hydrogen-bond acceptors (Lipinski definition) is 3. The summed E-state index contributed by atoms with van der Waals surface area (Å²) in [6.07, 6.45) is -3.81. The van der Waals surface area contributed by atoms with Crippen molar-refractivity contribution < 1.29 is 17.9 Å². The first kappa shape index (κ1) is 30.6. The zero-order valence-electron chi connectivity index (χ0n) is 23.4. The SMILES string of the molecule is CN(C)Cc1cccc(OCCCN(Cc2cccc(C(F)(F)F)c2Cl)CC(c2ccccc2)c2ccccc2)c1. The van der Waals surface area contributed by atoms with E-state index in [0.717, 1.165) is 29.5 Å². The van der Waals surface area contributed by atoms with E-state index in [9.17, 15) is 13.2 Å². The largest absolute Gasteiger partial charge is 0.494 e. The van der Waals surface area contributed by atoms with E-state index in [-0.39, 0.29) is 17.5 Å². The second-order valence-electron chi connectivity index (χ2n) is 10.5. The standard InChI is InChI=1S/C34H36ClF3N2O/c1-39(2)23-26-12-9-18-30(22-26)41-21-11-20-40(24-29-17-10-19-32(33(29)35)34(36,37)38)25-31(27-13-5-3-6-14-27)28-15-7-4-8-16-28/h3-10,12-19,22,31H,11,20-21,23-25H2,1-2H3. The van der Waals surface area contributed by atoms with Crippen LogP contribution in [-0.2, 0) is 19.3 Å². The van der Waals surface area contributed by atoms with Gasteiger partial charge in [-0.25, -0.2) is 0 Å². The van der Waals surface area contributed by atoms with Gasteiger partial charge in [0.05, 0.1) is 17.2 Å². The number of alkyl halides is 3. The molecule has 7 heteroatoms. The molecule has 0 N–H and O–H groups in total. The fourth-order valence-electron chi connectivity index (χ4n) is 5.01. The fourth-order valence-corrected chi connectivity index (χ4v) is 5.30. The Kier molecular flexibility index (Phi) is 10.9. The molecule has 0 saturated heterocycles. The van der Waals surface area contributed by atoms with Gasteiger partial charge >= 0.3 is 6.18 Å². The van der Waals surface area contributed by atoms with Crippen molar-refractivity contribution in [1.29, 1.82) is 0 Å². The van der Waals surface area contributed by atoms with Gasteiger partial charge in [0, 0.05) is 32.1 Å². The van der Waals surface area contributed by atoms with Gasteiger partial charge in [0.1, 0.15) is 5.75 Å². The number of hydrogen-bond donors (Lipinski definition) is 0. The van der Waals surface area contributed by atoms with Crippen LogP contribution in [0.2, 0.25) is 5.02 Å². The van der Waals surface area contributed by atoms with Gasteiger partial charge in [-0.2, -0.15) is 13.2 Å². The van der Waals surface area contributed by atoms with E-state index in [1.165, 1.54) is 11.6 Å². The summed E-state index contributed by atoms with van der Waals surface area (Å²) in [5, 5.41) is -0.241. The number of rotatable bonds is 13. The molecule has 0 radical (unpaired) electrons. The van der Waals surface area contributed by atoms with Crippen molar-refractivity contribution in [3.05, 3.63) is 136 Å². The van der Waals surface area contributed by atoms with Crippen molar-refractivity contribution in [2.75, 3.05) is 33.8 Å². The van der Waals surface area contributed by atoms with Gasteiger partial charge in [0.15, 0.2) is 0 Å². The van der Waals surface area contributed by atoms with Gasteiger partial charge in [0.25, 0.3) is 0 Å². The Hall–Kier alpha value is -3.32. The maximum atomic E-state index is 13.6. The molecule has 0 aliphatic carbocycles. The first-order chi connectivity index (χ1) is 19.7. The number of halogens is 4. The zero-order valence-corrected chi connectivity index (χ0v) is 24.2. The Morgan fingerprint density at radius 2 is 1.41 bits per heavy atom. The molecule has 0 atom stereocenters. The fraction of sp³-hybridized carbons (Fsp3) is 0.294. The van der Waals surface area contributed by atoms with Crippen molar-refractivity contribution in [3.8, 4) is 5.75 Å². The van der Waals surface area contributed by atoms with Crippen LogP contribution in [0.3, 0.4) is 0 Å². The van der Waals surface area contributed by atoms with Crippen LogP contribution in [0.25, 0.3) is 0 Å². The lowest BCUT2D eigenvalue weighted by atomic mass is 9.90. The Balaban J connectivity index is 1.54. The lowest BCUT2D eigenvalue weighted by Crippen LogP contribution is -2.31. The predicted octanol–water partition coefficient (Wildman–Crippen LogP) is 8.52. The number of benzene rings is 4. The highest BCUT2D eigenvalue weighted by atomic mass is 35.5. The highest BCUT2D eigenvalue weighted by Crippen LogP contribution is 2.37. The van der Waals surface area contributed by atoms with Crippen LogP contribution in [-0.4, -0.2) is 43.6 Å². The van der Waals surface area contributed by atoms with Gasteiger partial charge < -0.3 is 9.64 Å². The second kappa shape index (κ2) is 14.5. The molecule has 0 aliphatic rings. The molecule has 0 spiro atoms. The molecule has 4 aromatic carbocycles. The molecule has 0 fully saturated rings. The van der Waals surface area contributed by atoms with E-state index in [0.29, 0.717) is 31.7 Å². The van der Waals surface area contributed by atoms with E-state index in [1.54, 1.807) is 6.07 Å². The van der Waals surface area contributed by atoms with E-state index in [4.69, 9.17) is 16.3 Å². The van der Waals surface area contributed by atoms with E-state index >= 15 is 0 Å². The summed E-state index contributed by atoms with van der Waals surface area (Å²) < 4.78 is 46.9. The van der Waals surface area contributed by atoms with Gasteiger partial charge in [0.2, 0.25) is 0 Å². The minimum Gasteiger partial charge on any atom is -0.494 e. The Morgan fingerprint density at radius 1 is 0.780 bits per heavy atom. The highest BCUT2D eigenvalue weighted by Gasteiger charge is 2.34. The lowest BCUT2D eigenvalue weighted by molar-refractivity contribution is -0.137. The van der Waals surface area contributed by atoms with E-state index < -0.39 is 11.7 Å². The third-order valence-electron chi connectivity index (χ3n) is 6.91. The van der Waals surface area contributed by atoms with Gasteiger partial charge in [-0.15, -0.1) is 0 Å². The quantitative estimate of drug-likeness (QED) is 0.147. The van der Waals surface area contributed by atoms with Crippen molar-refractivity contribution in [3.63, 3.8) is 0 Å². The van der Waals surface area contributed by atoms with Crippen molar-refractivity contribution >= 4 is 11.6 Å². The normalized spacial score (nSPS) is 11.9. The van der Waals surface area contributed by atoms with Crippen molar-refractivity contribution in [2.24, 2.45) is 0 Å².